The zero-order chi connectivity index (χ0) is 19.3. The first-order valence-electron chi connectivity index (χ1n) is 7.67. The van der Waals surface area contributed by atoms with Gasteiger partial charge in [-0.05, 0) is 56.3 Å². The summed E-state index contributed by atoms with van der Waals surface area (Å²) in [5.74, 6) is -0.705. The number of hydrogen-bond acceptors (Lipinski definition) is 4. The van der Waals surface area contributed by atoms with E-state index in [0.29, 0.717) is 5.69 Å². The van der Waals surface area contributed by atoms with Gasteiger partial charge in [0.2, 0.25) is 10.0 Å². The molecular weight excluding hydrogens is 383 g/mol. The Morgan fingerprint density at radius 2 is 1.85 bits per heavy atom. The van der Waals surface area contributed by atoms with Crippen molar-refractivity contribution in [1.82, 2.24) is 4.72 Å². The quantitative estimate of drug-likeness (QED) is 0.747. The molecule has 1 amide bonds. The Hall–Kier alpha value is -2.16. The largest absolute Gasteiger partial charge is 0.482 e. The summed E-state index contributed by atoms with van der Waals surface area (Å²) in [5, 5.41) is 2.60. The molecule has 0 atom stereocenters. The maximum Gasteiger partial charge on any atom is 0.262 e. The van der Waals surface area contributed by atoms with E-state index in [-0.39, 0.29) is 28.3 Å². The predicted molar refractivity (Wildman–Crippen MR) is 97.4 cm³/mol. The predicted octanol–water partition coefficient (Wildman–Crippen LogP) is 3.18. The SMILES string of the molecule is CC(C)NS(=O)(=O)c1ccc(OCC(=O)Nc2ccc(F)cc2)c(Cl)c1. The summed E-state index contributed by atoms with van der Waals surface area (Å²) in [7, 11) is -3.67. The van der Waals surface area contributed by atoms with E-state index in [1.807, 2.05) is 0 Å². The summed E-state index contributed by atoms with van der Waals surface area (Å²) in [6.45, 7) is 3.07. The molecule has 0 heterocycles. The first-order valence-corrected chi connectivity index (χ1v) is 9.53. The molecule has 0 aromatic heterocycles. The standard InChI is InChI=1S/C17H18ClFN2O4S/c1-11(2)21-26(23,24)14-7-8-16(15(18)9-14)25-10-17(22)20-13-5-3-12(19)4-6-13/h3-9,11,21H,10H2,1-2H3,(H,20,22). The molecule has 0 aliphatic carbocycles. The van der Waals surface area contributed by atoms with Gasteiger partial charge in [0.15, 0.2) is 6.61 Å². The van der Waals surface area contributed by atoms with Crippen LogP contribution in [0.5, 0.6) is 5.75 Å². The highest BCUT2D eigenvalue weighted by molar-refractivity contribution is 7.89. The molecule has 0 radical (unpaired) electrons. The smallest absolute Gasteiger partial charge is 0.262 e. The van der Waals surface area contributed by atoms with Crippen LogP contribution in [0.25, 0.3) is 0 Å². The van der Waals surface area contributed by atoms with Crippen molar-refractivity contribution in [3.05, 3.63) is 53.3 Å². The molecule has 0 aliphatic heterocycles. The Morgan fingerprint density at radius 1 is 1.19 bits per heavy atom. The maximum atomic E-state index is 12.8. The van der Waals surface area contributed by atoms with Crippen molar-refractivity contribution in [1.29, 1.82) is 0 Å². The third kappa shape index (κ3) is 5.69. The first-order chi connectivity index (χ1) is 12.2. The average molecular weight is 401 g/mol. The highest BCUT2D eigenvalue weighted by atomic mass is 35.5. The summed E-state index contributed by atoms with van der Waals surface area (Å²) >= 11 is 6.04. The second-order valence-corrected chi connectivity index (χ2v) is 7.83. The van der Waals surface area contributed by atoms with Crippen LogP contribution in [0.3, 0.4) is 0 Å². The molecular formula is C17H18ClFN2O4S. The summed E-state index contributed by atoms with van der Waals surface area (Å²) in [5.41, 5.74) is 0.423. The van der Waals surface area contributed by atoms with Crippen molar-refractivity contribution >= 4 is 33.2 Å². The average Bonchev–Trinajstić information content (AvgIpc) is 2.54. The van der Waals surface area contributed by atoms with E-state index in [0.717, 1.165) is 0 Å². The molecule has 0 saturated carbocycles. The highest BCUT2D eigenvalue weighted by Crippen LogP contribution is 2.27. The van der Waals surface area contributed by atoms with Crippen LogP contribution in [0.4, 0.5) is 10.1 Å². The summed E-state index contributed by atoms with van der Waals surface area (Å²) in [6.07, 6.45) is 0. The molecule has 0 fully saturated rings. The Labute approximate surface area is 156 Å². The number of rotatable bonds is 7. The van der Waals surface area contributed by atoms with Crippen LogP contribution < -0.4 is 14.8 Å². The van der Waals surface area contributed by atoms with E-state index in [1.165, 1.54) is 42.5 Å². The lowest BCUT2D eigenvalue weighted by atomic mass is 10.3. The minimum absolute atomic E-state index is 0.000635. The minimum atomic E-state index is -3.67. The molecule has 2 aromatic carbocycles. The van der Waals surface area contributed by atoms with Gasteiger partial charge in [-0.3, -0.25) is 4.79 Å². The van der Waals surface area contributed by atoms with E-state index < -0.39 is 21.7 Å². The first kappa shape index (κ1) is 20.2. The Kier molecular flexibility index (Phi) is 6.57. The fourth-order valence-electron chi connectivity index (χ4n) is 2.02. The molecule has 0 spiro atoms. The third-order valence-electron chi connectivity index (χ3n) is 3.09. The van der Waals surface area contributed by atoms with Crippen LogP contribution in [0.1, 0.15) is 13.8 Å². The van der Waals surface area contributed by atoms with Crippen molar-refractivity contribution in [2.24, 2.45) is 0 Å². The van der Waals surface area contributed by atoms with Gasteiger partial charge in [-0.2, -0.15) is 0 Å². The topological polar surface area (TPSA) is 84.5 Å². The second-order valence-electron chi connectivity index (χ2n) is 5.71. The van der Waals surface area contributed by atoms with E-state index in [9.17, 15) is 17.6 Å². The van der Waals surface area contributed by atoms with Crippen molar-refractivity contribution in [2.45, 2.75) is 24.8 Å². The fraction of sp³-hybridized carbons (Fsp3) is 0.235. The lowest BCUT2D eigenvalue weighted by Crippen LogP contribution is -2.30. The fourth-order valence-corrected chi connectivity index (χ4v) is 3.59. The molecule has 26 heavy (non-hydrogen) atoms. The third-order valence-corrected chi connectivity index (χ3v) is 5.04. The van der Waals surface area contributed by atoms with Crippen LogP contribution >= 0.6 is 11.6 Å². The summed E-state index contributed by atoms with van der Waals surface area (Å²) < 4.78 is 44.8. The van der Waals surface area contributed by atoms with E-state index >= 15 is 0 Å². The van der Waals surface area contributed by atoms with Gasteiger partial charge >= 0.3 is 0 Å². The van der Waals surface area contributed by atoms with Crippen molar-refractivity contribution in [3.63, 3.8) is 0 Å². The summed E-state index contributed by atoms with van der Waals surface area (Å²) in [4.78, 5) is 11.9. The van der Waals surface area contributed by atoms with Gasteiger partial charge in [0.1, 0.15) is 11.6 Å². The van der Waals surface area contributed by atoms with E-state index in [4.69, 9.17) is 16.3 Å². The van der Waals surface area contributed by atoms with E-state index in [1.54, 1.807) is 13.8 Å². The normalized spacial score (nSPS) is 11.4. The number of carbonyl (C=O) groups is 1. The molecule has 6 nitrogen and oxygen atoms in total. The molecule has 0 saturated heterocycles. The van der Waals surface area contributed by atoms with E-state index in [2.05, 4.69) is 10.0 Å². The molecule has 9 heteroatoms. The summed E-state index contributed by atoms with van der Waals surface area (Å²) in [6, 6.07) is 8.98. The van der Waals surface area contributed by atoms with Gasteiger partial charge < -0.3 is 10.1 Å². The molecule has 140 valence electrons. The van der Waals surface area contributed by atoms with Gasteiger partial charge in [-0.15, -0.1) is 0 Å². The van der Waals surface area contributed by atoms with Crippen LogP contribution in [0, 0.1) is 5.82 Å². The number of ether oxygens (including phenoxy) is 1. The molecule has 0 bridgehead atoms. The maximum absolute atomic E-state index is 12.8. The number of sulfonamides is 1. The number of halogens is 2. The lowest BCUT2D eigenvalue weighted by Gasteiger charge is -2.12. The number of carbonyl (C=O) groups excluding carboxylic acids is 1. The van der Waals surface area contributed by atoms with Gasteiger partial charge in [0, 0.05) is 11.7 Å². The zero-order valence-corrected chi connectivity index (χ0v) is 15.7. The van der Waals surface area contributed by atoms with Crippen LogP contribution in [0.15, 0.2) is 47.4 Å². The van der Waals surface area contributed by atoms with Crippen molar-refractivity contribution in [3.8, 4) is 5.75 Å². The second kappa shape index (κ2) is 8.48. The van der Waals surface area contributed by atoms with Gasteiger partial charge in [-0.1, -0.05) is 11.6 Å². The Morgan fingerprint density at radius 3 is 2.42 bits per heavy atom. The minimum Gasteiger partial charge on any atom is -0.482 e. The molecule has 2 rings (SSSR count). The van der Waals surface area contributed by atoms with Crippen LogP contribution in [-0.2, 0) is 14.8 Å². The zero-order valence-electron chi connectivity index (χ0n) is 14.1. The molecule has 2 N–H and O–H groups in total. The monoisotopic (exact) mass is 400 g/mol. The molecule has 2 aromatic rings. The Balaban J connectivity index is 1.99. The molecule has 0 aliphatic rings. The number of nitrogens with one attached hydrogen (secondary N) is 2. The van der Waals surface area contributed by atoms with Crippen LogP contribution in [-0.4, -0.2) is 27.0 Å². The van der Waals surface area contributed by atoms with Crippen molar-refractivity contribution in [2.75, 3.05) is 11.9 Å². The van der Waals surface area contributed by atoms with Gasteiger partial charge in [0.05, 0.1) is 9.92 Å². The number of anilines is 1. The van der Waals surface area contributed by atoms with Crippen LogP contribution in [0.2, 0.25) is 5.02 Å². The number of benzene rings is 2. The van der Waals surface area contributed by atoms with Gasteiger partial charge in [-0.25, -0.2) is 17.5 Å². The number of hydrogen-bond donors (Lipinski definition) is 2. The molecule has 0 unspecified atom stereocenters. The lowest BCUT2D eigenvalue weighted by molar-refractivity contribution is -0.118. The number of amides is 1. The van der Waals surface area contributed by atoms with Gasteiger partial charge in [0.25, 0.3) is 5.91 Å². The van der Waals surface area contributed by atoms with Crippen molar-refractivity contribution < 1.29 is 22.3 Å². The highest BCUT2D eigenvalue weighted by Gasteiger charge is 2.17. The Bertz CT molecular complexity index is 886.